The number of aromatic nitrogens is 5. The molecule has 4 aromatic rings. The van der Waals surface area contributed by atoms with Crippen molar-refractivity contribution < 1.29 is 27.8 Å². The fraction of sp³-hybridized carbons (Fsp3) is 0.333. The molecule has 1 aromatic carbocycles. The molecule has 4 rings (SSSR count). The molecule has 1 N–H and O–H groups in total. The van der Waals surface area contributed by atoms with Crippen molar-refractivity contribution in [3.05, 3.63) is 61.2 Å². The largest absolute Gasteiger partial charge is 0.573 e. The molecular formula is C21H20F3N5O5S. The van der Waals surface area contributed by atoms with Crippen LogP contribution >= 0.6 is 11.3 Å². The minimum absolute atomic E-state index is 0.00744. The molecule has 0 spiro atoms. The van der Waals surface area contributed by atoms with Crippen LogP contribution in [0.4, 0.5) is 13.2 Å². The first-order valence-corrected chi connectivity index (χ1v) is 11.2. The van der Waals surface area contributed by atoms with E-state index in [1.165, 1.54) is 39.7 Å². The quantitative estimate of drug-likeness (QED) is 0.387. The molecule has 186 valence electrons. The summed E-state index contributed by atoms with van der Waals surface area (Å²) in [6, 6.07) is 4.74. The Kier molecular flexibility index (Phi) is 6.67. The number of imidazole rings is 1. The second kappa shape index (κ2) is 9.54. The molecule has 0 radical (unpaired) electrons. The Morgan fingerprint density at radius 1 is 1.14 bits per heavy atom. The fourth-order valence-electron chi connectivity index (χ4n) is 3.45. The first-order valence-electron chi connectivity index (χ1n) is 10.3. The number of thiazole rings is 1. The lowest BCUT2D eigenvalue weighted by molar-refractivity contribution is -0.274. The van der Waals surface area contributed by atoms with Gasteiger partial charge in [0.2, 0.25) is 0 Å². The van der Waals surface area contributed by atoms with E-state index >= 15 is 0 Å². The van der Waals surface area contributed by atoms with Crippen LogP contribution in [0.2, 0.25) is 0 Å². The van der Waals surface area contributed by atoms with E-state index in [1.54, 1.807) is 6.92 Å². The van der Waals surface area contributed by atoms with Gasteiger partial charge >= 0.3 is 18.1 Å². The highest BCUT2D eigenvalue weighted by Crippen LogP contribution is 2.30. The Hall–Kier alpha value is -3.65. The highest BCUT2D eigenvalue weighted by atomic mass is 32.1. The van der Waals surface area contributed by atoms with Gasteiger partial charge in [-0.1, -0.05) is 6.07 Å². The summed E-state index contributed by atoms with van der Waals surface area (Å²) < 4.78 is 51.2. The minimum atomic E-state index is -4.88. The van der Waals surface area contributed by atoms with E-state index in [4.69, 9.17) is 9.84 Å². The first-order chi connectivity index (χ1) is 16.6. The number of benzene rings is 1. The van der Waals surface area contributed by atoms with Gasteiger partial charge in [-0.15, -0.1) is 24.5 Å². The Morgan fingerprint density at radius 3 is 2.54 bits per heavy atom. The number of nitrogens with zero attached hydrogens (tertiary/aromatic N) is 5. The van der Waals surface area contributed by atoms with E-state index in [1.807, 2.05) is 5.38 Å². The third kappa shape index (κ3) is 5.22. The summed E-state index contributed by atoms with van der Waals surface area (Å²) in [5.74, 6) is -0.517. The van der Waals surface area contributed by atoms with Gasteiger partial charge in [-0.05, 0) is 25.5 Å². The van der Waals surface area contributed by atoms with Crippen molar-refractivity contribution in [3.8, 4) is 17.5 Å². The molecule has 0 saturated heterocycles. The van der Waals surface area contributed by atoms with Crippen LogP contribution in [0.5, 0.6) is 17.5 Å². The monoisotopic (exact) mass is 511 g/mol. The molecule has 35 heavy (non-hydrogen) atoms. The Balaban J connectivity index is 1.86. The van der Waals surface area contributed by atoms with E-state index in [0.29, 0.717) is 5.01 Å². The summed E-state index contributed by atoms with van der Waals surface area (Å²) in [5.41, 5.74) is -0.414. The van der Waals surface area contributed by atoms with Crippen molar-refractivity contribution >= 4 is 22.5 Å². The molecule has 10 nitrogen and oxygen atoms in total. The van der Waals surface area contributed by atoms with E-state index in [9.17, 15) is 22.8 Å². The minimum Gasteiger partial charge on any atom is -0.425 e. The van der Waals surface area contributed by atoms with Crippen LogP contribution in [0.25, 0.3) is 11.2 Å². The van der Waals surface area contributed by atoms with Gasteiger partial charge in [-0.25, -0.2) is 9.78 Å². The normalized spacial score (nSPS) is 11.8. The average Bonchev–Trinajstić information content (AvgIpc) is 3.35. The lowest BCUT2D eigenvalue weighted by atomic mass is 10.3. The SMILES string of the molecule is Cc1csc(Cn2c(Oc3cccc(OC(F)(F)F)c3)nc3c2c(=O)n(CCCO)c(=O)n3C)n1. The third-order valence-corrected chi connectivity index (χ3v) is 5.90. The smallest absolute Gasteiger partial charge is 0.425 e. The van der Waals surface area contributed by atoms with Crippen molar-refractivity contribution in [2.24, 2.45) is 7.05 Å². The Bertz CT molecular complexity index is 1490. The number of ether oxygens (including phenoxy) is 2. The van der Waals surface area contributed by atoms with Crippen LogP contribution in [0.3, 0.4) is 0 Å². The maximum atomic E-state index is 13.3. The van der Waals surface area contributed by atoms with Crippen molar-refractivity contribution in [1.29, 1.82) is 0 Å². The number of hydrogen-bond acceptors (Lipinski definition) is 8. The van der Waals surface area contributed by atoms with Gasteiger partial charge in [0.1, 0.15) is 16.5 Å². The molecule has 3 heterocycles. The predicted octanol–water partition coefficient (Wildman–Crippen LogP) is 2.78. The van der Waals surface area contributed by atoms with Crippen molar-refractivity contribution in [3.63, 3.8) is 0 Å². The lowest BCUT2D eigenvalue weighted by Gasteiger charge is -2.12. The topological polar surface area (TPSA) is 113 Å². The summed E-state index contributed by atoms with van der Waals surface area (Å²) in [6.45, 7) is 1.65. The van der Waals surface area contributed by atoms with Crippen LogP contribution in [0, 0.1) is 6.92 Å². The second-order valence-corrected chi connectivity index (χ2v) is 8.48. The number of hydrogen-bond donors (Lipinski definition) is 1. The molecule has 0 aliphatic rings. The van der Waals surface area contributed by atoms with Crippen LogP contribution in [-0.2, 0) is 20.1 Å². The van der Waals surface area contributed by atoms with E-state index in [0.717, 1.165) is 22.4 Å². The molecular weight excluding hydrogens is 491 g/mol. The van der Waals surface area contributed by atoms with Crippen LogP contribution in [0.1, 0.15) is 17.1 Å². The molecule has 0 amide bonds. The van der Waals surface area contributed by atoms with Crippen LogP contribution < -0.4 is 20.7 Å². The fourth-order valence-corrected chi connectivity index (χ4v) is 4.21. The van der Waals surface area contributed by atoms with Gasteiger partial charge in [0.05, 0.1) is 6.54 Å². The lowest BCUT2D eigenvalue weighted by Crippen LogP contribution is -2.39. The number of fused-ring (bicyclic) bond motifs is 1. The van der Waals surface area contributed by atoms with E-state index in [-0.39, 0.29) is 49.0 Å². The van der Waals surface area contributed by atoms with Crippen LogP contribution in [-0.4, -0.2) is 41.7 Å². The first kappa shape index (κ1) is 24.5. The third-order valence-electron chi connectivity index (χ3n) is 4.95. The van der Waals surface area contributed by atoms with Gasteiger partial charge in [0.15, 0.2) is 11.2 Å². The zero-order valence-corrected chi connectivity index (χ0v) is 19.4. The number of rotatable bonds is 8. The van der Waals surface area contributed by atoms with Gasteiger partial charge in [-0.3, -0.25) is 18.5 Å². The zero-order chi connectivity index (χ0) is 25.3. The summed E-state index contributed by atoms with van der Waals surface area (Å²) in [5, 5.41) is 11.6. The maximum Gasteiger partial charge on any atom is 0.573 e. The molecule has 0 unspecified atom stereocenters. The van der Waals surface area contributed by atoms with Gasteiger partial charge in [0.25, 0.3) is 5.56 Å². The summed E-state index contributed by atoms with van der Waals surface area (Å²) >= 11 is 1.34. The van der Waals surface area contributed by atoms with Crippen molar-refractivity contribution in [2.75, 3.05) is 6.61 Å². The highest BCUT2D eigenvalue weighted by molar-refractivity contribution is 7.09. The number of aliphatic hydroxyl groups is 1. The summed E-state index contributed by atoms with van der Waals surface area (Å²) in [6.07, 6.45) is -4.69. The number of alkyl halides is 3. The number of halogens is 3. The van der Waals surface area contributed by atoms with E-state index < -0.39 is 23.4 Å². The van der Waals surface area contributed by atoms with Crippen molar-refractivity contribution in [2.45, 2.75) is 32.8 Å². The summed E-state index contributed by atoms with van der Waals surface area (Å²) in [4.78, 5) is 34.7. The predicted molar refractivity (Wildman–Crippen MR) is 120 cm³/mol. The molecule has 0 saturated carbocycles. The molecule has 14 heteroatoms. The average molecular weight is 511 g/mol. The molecule has 0 aliphatic carbocycles. The van der Waals surface area contributed by atoms with E-state index in [2.05, 4.69) is 14.7 Å². The molecule has 3 aromatic heterocycles. The van der Waals surface area contributed by atoms with Crippen molar-refractivity contribution in [1.82, 2.24) is 23.7 Å². The molecule has 0 fully saturated rings. The Labute approximate surface area is 199 Å². The standard InChI is InChI=1S/C21H20F3N5O5S/c1-12-11-35-15(25-12)10-29-16-17(27(2)20(32)28(18(16)31)7-4-8-30)26-19(29)33-13-5-3-6-14(9-13)34-21(22,23)24/h3,5-6,9,11,30H,4,7-8,10H2,1-2H3. The maximum absolute atomic E-state index is 13.3. The van der Waals surface area contributed by atoms with Gasteiger partial charge in [0, 0.05) is 37.3 Å². The molecule has 0 bridgehead atoms. The summed E-state index contributed by atoms with van der Waals surface area (Å²) in [7, 11) is 1.44. The highest BCUT2D eigenvalue weighted by Gasteiger charge is 2.31. The van der Waals surface area contributed by atoms with Gasteiger partial charge < -0.3 is 14.6 Å². The Morgan fingerprint density at radius 2 is 1.89 bits per heavy atom. The molecule has 0 aliphatic heterocycles. The van der Waals surface area contributed by atoms with Gasteiger partial charge in [-0.2, -0.15) is 4.98 Å². The second-order valence-electron chi connectivity index (χ2n) is 7.54. The molecule has 0 atom stereocenters. The number of aliphatic hydroxyl groups excluding tert-OH is 1. The van der Waals surface area contributed by atoms with Crippen LogP contribution in [0.15, 0.2) is 39.2 Å². The number of aryl methyl sites for hydroxylation is 2. The zero-order valence-electron chi connectivity index (χ0n) is 18.6.